The highest BCUT2D eigenvalue weighted by Gasteiger charge is 2.24. The third kappa shape index (κ3) is 4.33. The second-order valence-electron chi connectivity index (χ2n) is 5.03. The molecule has 90 valence electrons. The minimum Gasteiger partial charge on any atom is -0.326 e. The first-order chi connectivity index (χ1) is 7.02. The molecule has 4 atom stereocenters. The third-order valence-electron chi connectivity index (χ3n) is 3.34. The SMILES string of the molecule is CCC(C)C(N)CN1CC(C)SC(C)C1. The molecule has 1 saturated heterocycles. The molecule has 1 heterocycles. The molecule has 0 saturated carbocycles. The lowest BCUT2D eigenvalue weighted by molar-refractivity contribution is 0.230. The molecule has 0 radical (unpaired) electrons. The average Bonchev–Trinajstić information content (AvgIpc) is 2.14. The predicted molar refractivity (Wildman–Crippen MR) is 70.4 cm³/mol. The monoisotopic (exact) mass is 230 g/mol. The molecule has 1 rings (SSSR count). The molecule has 0 spiro atoms. The van der Waals surface area contributed by atoms with Gasteiger partial charge in [-0.2, -0.15) is 11.8 Å². The Morgan fingerprint density at radius 2 is 1.87 bits per heavy atom. The summed E-state index contributed by atoms with van der Waals surface area (Å²) in [5.41, 5.74) is 6.20. The van der Waals surface area contributed by atoms with Crippen LogP contribution in [0.4, 0.5) is 0 Å². The highest BCUT2D eigenvalue weighted by Crippen LogP contribution is 2.25. The van der Waals surface area contributed by atoms with Gasteiger partial charge in [-0.3, -0.25) is 4.90 Å². The van der Waals surface area contributed by atoms with E-state index in [9.17, 15) is 0 Å². The lowest BCUT2D eigenvalue weighted by Crippen LogP contribution is -2.48. The number of hydrogen-bond acceptors (Lipinski definition) is 3. The summed E-state index contributed by atoms with van der Waals surface area (Å²) in [4.78, 5) is 2.54. The molecule has 0 amide bonds. The molecule has 2 nitrogen and oxygen atoms in total. The van der Waals surface area contributed by atoms with E-state index in [0.29, 0.717) is 12.0 Å². The fourth-order valence-electron chi connectivity index (χ4n) is 2.21. The number of nitrogens with two attached hydrogens (primary N) is 1. The second-order valence-corrected chi connectivity index (χ2v) is 6.91. The Morgan fingerprint density at radius 3 is 2.33 bits per heavy atom. The Hall–Kier alpha value is 0.270. The molecule has 2 N–H and O–H groups in total. The first kappa shape index (κ1) is 13.3. The lowest BCUT2D eigenvalue weighted by Gasteiger charge is -2.36. The zero-order valence-electron chi connectivity index (χ0n) is 10.6. The van der Waals surface area contributed by atoms with Crippen LogP contribution in [0.3, 0.4) is 0 Å². The van der Waals surface area contributed by atoms with Crippen molar-refractivity contribution >= 4 is 11.8 Å². The van der Waals surface area contributed by atoms with E-state index in [2.05, 4.69) is 44.4 Å². The molecule has 1 fully saturated rings. The van der Waals surface area contributed by atoms with E-state index in [1.165, 1.54) is 19.5 Å². The van der Waals surface area contributed by atoms with Crippen LogP contribution in [-0.4, -0.2) is 41.1 Å². The fourth-order valence-corrected chi connectivity index (χ4v) is 3.60. The van der Waals surface area contributed by atoms with E-state index in [4.69, 9.17) is 5.73 Å². The fraction of sp³-hybridized carbons (Fsp3) is 1.00. The summed E-state index contributed by atoms with van der Waals surface area (Å²) >= 11 is 2.10. The van der Waals surface area contributed by atoms with Gasteiger partial charge in [0.1, 0.15) is 0 Å². The molecule has 3 heteroatoms. The zero-order chi connectivity index (χ0) is 11.4. The molecule has 0 aromatic heterocycles. The summed E-state index contributed by atoms with van der Waals surface area (Å²) in [6.07, 6.45) is 1.19. The van der Waals surface area contributed by atoms with Gasteiger partial charge in [-0.25, -0.2) is 0 Å². The Kier molecular flexibility index (Phi) is 5.44. The van der Waals surface area contributed by atoms with Crippen molar-refractivity contribution in [3.8, 4) is 0 Å². The maximum atomic E-state index is 6.20. The van der Waals surface area contributed by atoms with Crippen LogP contribution in [0.2, 0.25) is 0 Å². The van der Waals surface area contributed by atoms with Crippen LogP contribution in [0.5, 0.6) is 0 Å². The standard InChI is InChI=1S/C12H26N2S/c1-5-9(2)12(13)8-14-6-10(3)15-11(4)7-14/h9-12H,5-8,13H2,1-4H3. The summed E-state index contributed by atoms with van der Waals surface area (Å²) in [5.74, 6) is 0.644. The minimum atomic E-state index is 0.345. The smallest absolute Gasteiger partial charge is 0.0193 e. The first-order valence-electron chi connectivity index (χ1n) is 6.16. The van der Waals surface area contributed by atoms with Gasteiger partial charge in [-0.15, -0.1) is 0 Å². The molecule has 1 aliphatic rings. The van der Waals surface area contributed by atoms with Crippen LogP contribution in [-0.2, 0) is 0 Å². The van der Waals surface area contributed by atoms with Gasteiger partial charge in [0.05, 0.1) is 0 Å². The summed E-state index contributed by atoms with van der Waals surface area (Å²) < 4.78 is 0. The molecule has 4 unspecified atom stereocenters. The molecule has 0 aromatic rings. The molecule has 0 aromatic carbocycles. The predicted octanol–water partition coefficient (Wildman–Crippen LogP) is 2.19. The van der Waals surface area contributed by atoms with Gasteiger partial charge in [0.25, 0.3) is 0 Å². The van der Waals surface area contributed by atoms with Crippen LogP contribution in [0.25, 0.3) is 0 Å². The van der Waals surface area contributed by atoms with Crippen molar-refractivity contribution in [2.75, 3.05) is 19.6 Å². The Balaban J connectivity index is 2.37. The van der Waals surface area contributed by atoms with Crippen LogP contribution in [0.1, 0.15) is 34.1 Å². The number of nitrogens with zero attached hydrogens (tertiary/aromatic N) is 1. The molecular weight excluding hydrogens is 204 g/mol. The summed E-state index contributed by atoms with van der Waals surface area (Å²) in [5, 5.41) is 1.52. The third-order valence-corrected chi connectivity index (χ3v) is 4.57. The second kappa shape index (κ2) is 6.12. The van der Waals surface area contributed by atoms with Crippen molar-refractivity contribution in [2.45, 2.75) is 50.7 Å². The van der Waals surface area contributed by atoms with Gasteiger partial charge in [-0.1, -0.05) is 34.1 Å². The van der Waals surface area contributed by atoms with E-state index < -0.39 is 0 Å². The average molecular weight is 230 g/mol. The molecule has 0 aliphatic carbocycles. The van der Waals surface area contributed by atoms with E-state index in [0.717, 1.165) is 17.0 Å². The quantitative estimate of drug-likeness (QED) is 0.803. The topological polar surface area (TPSA) is 29.3 Å². The van der Waals surface area contributed by atoms with Gasteiger partial charge in [0.2, 0.25) is 0 Å². The van der Waals surface area contributed by atoms with E-state index in [1.54, 1.807) is 0 Å². The summed E-state index contributed by atoms with van der Waals surface area (Å²) in [6, 6.07) is 0.345. The van der Waals surface area contributed by atoms with Crippen molar-refractivity contribution in [1.29, 1.82) is 0 Å². The Morgan fingerprint density at radius 1 is 1.33 bits per heavy atom. The van der Waals surface area contributed by atoms with Crippen molar-refractivity contribution in [2.24, 2.45) is 11.7 Å². The van der Waals surface area contributed by atoms with Crippen molar-refractivity contribution in [3.05, 3.63) is 0 Å². The first-order valence-corrected chi connectivity index (χ1v) is 7.10. The molecule has 0 bridgehead atoms. The van der Waals surface area contributed by atoms with Gasteiger partial charge >= 0.3 is 0 Å². The molecule has 15 heavy (non-hydrogen) atoms. The number of hydrogen-bond donors (Lipinski definition) is 1. The molecular formula is C12H26N2S. The van der Waals surface area contributed by atoms with Crippen LogP contribution < -0.4 is 5.73 Å². The minimum absolute atomic E-state index is 0.345. The summed E-state index contributed by atoms with van der Waals surface area (Å²) in [7, 11) is 0. The van der Waals surface area contributed by atoms with Crippen LogP contribution in [0, 0.1) is 5.92 Å². The number of thioether (sulfide) groups is 1. The Bertz CT molecular complexity index is 176. The molecule has 1 aliphatic heterocycles. The van der Waals surface area contributed by atoms with Crippen molar-refractivity contribution in [1.82, 2.24) is 4.90 Å². The maximum absolute atomic E-state index is 6.20. The summed E-state index contributed by atoms with van der Waals surface area (Å²) in [6.45, 7) is 12.6. The van der Waals surface area contributed by atoms with Crippen LogP contribution in [0.15, 0.2) is 0 Å². The Labute approximate surface area is 99.0 Å². The highest BCUT2D eigenvalue weighted by molar-refractivity contribution is 8.00. The van der Waals surface area contributed by atoms with E-state index >= 15 is 0 Å². The number of rotatable bonds is 4. The van der Waals surface area contributed by atoms with Crippen molar-refractivity contribution < 1.29 is 0 Å². The van der Waals surface area contributed by atoms with Gasteiger partial charge in [0.15, 0.2) is 0 Å². The van der Waals surface area contributed by atoms with Crippen LogP contribution >= 0.6 is 11.8 Å². The zero-order valence-corrected chi connectivity index (χ0v) is 11.4. The lowest BCUT2D eigenvalue weighted by atomic mass is 9.99. The van der Waals surface area contributed by atoms with E-state index in [-0.39, 0.29) is 0 Å². The van der Waals surface area contributed by atoms with E-state index in [1.807, 2.05) is 0 Å². The van der Waals surface area contributed by atoms with Crippen molar-refractivity contribution in [3.63, 3.8) is 0 Å². The maximum Gasteiger partial charge on any atom is 0.0193 e. The van der Waals surface area contributed by atoms with Gasteiger partial charge in [-0.05, 0) is 5.92 Å². The van der Waals surface area contributed by atoms with Gasteiger partial charge < -0.3 is 5.73 Å². The largest absolute Gasteiger partial charge is 0.326 e. The normalized spacial score (nSPS) is 32.6. The van der Waals surface area contributed by atoms with Gasteiger partial charge in [0, 0.05) is 36.2 Å². The highest BCUT2D eigenvalue weighted by atomic mass is 32.2.